The van der Waals surface area contributed by atoms with Crippen molar-refractivity contribution in [3.8, 4) is 23.1 Å². The number of nitriles is 1. The number of imidazole rings is 1. The van der Waals surface area contributed by atoms with Gasteiger partial charge in [0.05, 0.1) is 18.9 Å². The van der Waals surface area contributed by atoms with Gasteiger partial charge in [-0.05, 0) is 37.1 Å². The van der Waals surface area contributed by atoms with Crippen molar-refractivity contribution in [1.82, 2.24) is 9.97 Å². The van der Waals surface area contributed by atoms with Crippen molar-refractivity contribution < 1.29 is 4.74 Å². The molecule has 20 heavy (non-hydrogen) atoms. The molecule has 1 unspecified atom stereocenters. The van der Waals surface area contributed by atoms with Crippen molar-refractivity contribution in [3.63, 3.8) is 0 Å². The smallest absolute Gasteiger partial charge is 0.124 e. The van der Waals surface area contributed by atoms with E-state index in [-0.39, 0.29) is 11.8 Å². The van der Waals surface area contributed by atoms with Crippen LogP contribution in [0.1, 0.15) is 31.3 Å². The fourth-order valence-corrected chi connectivity index (χ4v) is 2.19. The lowest BCUT2D eigenvalue weighted by Crippen LogP contribution is -2.06. The van der Waals surface area contributed by atoms with Gasteiger partial charge in [-0.15, -0.1) is 0 Å². The van der Waals surface area contributed by atoms with Gasteiger partial charge in [0.25, 0.3) is 0 Å². The number of nitrogens with zero attached hydrogens (tertiary/aromatic N) is 2. The van der Waals surface area contributed by atoms with Gasteiger partial charge in [0, 0.05) is 11.3 Å². The molecule has 0 aliphatic carbocycles. The van der Waals surface area contributed by atoms with Crippen molar-refractivity contribution in [2.24, 2.45) is 5.92 Å². The summed E-state index contributed by atoms with van der Waals surface area (Å²) in [6.07, 6.45) is 0. The Balaban J connectivity index is 2.38. The molecule has 4 nitrogen and oxygen atoms in total. The molecule has 1 aromatic heterocycles. The van der Waals surface area contributed by atoms with Crippen LogP contribution in [-0.2, 0) is 0 Å². The molecule has 1 aromatic carbocycles. The normalized spacial score (nSPS) is 12.2. The van der Waals surface area contributed by atoms with E-state index < -0.39 is 0 Å². The van der Waals surface area contributed by atoms with E-state index in [1.807, 2.05) is 45.0 Å². The molecule has 0 saturated carbocycles. The minimum absolute atomic E-state index is 0.208. The maximum absolute atomic E-state index is 9.26. The molecule has 4 heteroatoms. The zero-order valence-electron chi connectivity index (χ0n) is 12.3. The van der Waals surface area contributed by atoms with Crippen LogP contribution in [0, 0.1) is 24.2 Å². The minimum atomic E-state index is -0.208. The number of ether oxygens (including phenoxy) is 1. The van der Waals surface area contributed by atoms with Crippen molar-refractivity contribution in [3.05, 3.63) is 35.8 Å². The highest BCUT2D eigenvalue weighted by Gasteiger charge is 2.20. The zero-order chi connectivity index (χ0) is 14.7. The Kier molecular flexibility index (Phi) is 4.09. The molecule has 0 fully saturated rings. The summed E-state index contributed by atoms with van der Waals surface area (Å²) in [5.74, 6) is 1.58. The van der Waals surface area contributed by atoms with Gasteiger partial charge < -0.3 is 9.72 Å². The summed E-state index contributed by atoms with van der Waals surface area (Å²) in [7, 11) is 1.65. The van der Waals surface area contributed by atoms with Crippen LogP contribution in [0.2, 0.25) is 0 Å². The average molecular weight is 269 g/mol. The fourth-order valence-electron chi connectivity index (χ4n) is 2.19. The molecule has 0 aliphatic rings. The number of hydrogen-bond donors (Lipinski definition) is 1. The molecule has 1 N–H and O–H groups in total. The monoisotopic (exact) mass is 269 g/mol. The van der Waals surface area contributed by atoms with Gasteiger partial charge in [-0.1, -0.05) is 13.8 Å². The van der Waals surface area contributed by atoms with Gasteiger partial charge in [0.15, 0.2) is 0 Å². The summed E-state index contributed by atoms with van der Waals surface area (Å²) in [4.78, 5) is 7.85. The first-order chi connectivity index (χ1) is 9.56. The van der Waals surface area contributed by atoms with Crippen LogP contribution in [0.3, 0.4) is 0 Å². The Labute approximate surface area is 119 Å². The van der Waals surface area contributed by atoms with Crippen LogP contribution in [0.4, 0.5) is 0 Å². The third kappa shape index (κ3) is 2.67. The molecular weight excluding hydrogens is 250 g/mol. The highest BCUT2D eigenvalue weighted by Crippen LogP contribution is 2.28. The van der Waals surface area contributed by atoms with Crippen molar-refractivity contribution in [2.45, 2.75) is 26.7 Å². The summed E-state index contributed by atoms with van der Waals surface area (Å²) in [5, 5.41) is 9.26. The van der Waals surface area contributed by atoms with Crippen LogP contribution in [0.5, 0.6) is 5.75 Å². The second-order valence-electron chi connectivity index (χ2n) is 5.17. The van der Waals surface area contributed by atoms with E-state index in [2.05, 4.69) is 16.0 Å². The minimum Gasteiger partial charge on any atom is -0.497 e. The molecule has 1 heterocycles. The summed E-state index contributed by atoms with van der Waals surface area (Å²) in [6, 6.07) is 10.1. The first kappa shape index (κ1) is 14.1. The molecule has 0 amide bonds. The Morgan fingerprint density at radius 3 is 2.40 bits per heavy atom. The predicted molar refractivity (Wildman–Crippen MR) is 78.5 cm³/mol. The number of H-pyrrole nitrogens is 1. The highest BCUT2D eigenvalue weighted by molar-refractivity contribution is 5.63. The number of rotatable bonds is 4. The fraction of sp³-hybridized carbons (Fsp3) is 0.375. The van der Waals surface area contributed by atoms with Gasteiger partial charge in [-0.2, -0.15) is 5.26 Å². The maximum atomic E-state index is 9.26. The van der Waals surface area contributed by atoms with Crippen LogP contribution in [-0.4, -0.2) is 17.1 Å². The molecule has 0 bridgehead atoms. The van der Waals surface area contributed by atoms with E-state index in [0.29, 0.717) is 0 Å². The number of aryl methyl sites for hydroxylation is 1. The number of benzene rings is 1. The SMILES string of the molecule is COc1ccc(-c2nc(C(C#N)C(C)C)[nH]c2C)cc1. The molecular formula is C16H19N3O. The third-order valence-corrected chi connectivity index (χ3v) is 3.37. The maximum Gasteiger partial charge on any atom is 0.124 e. The van der Waals surface area contributed by atoms with Gasteiger partial charge in [-0.3, -0.25) is 0 Å². The first-order valence-electron chi connectivity index (χ1n) is 6.67. The van der Waals surface area contributed by atoms with E-state index >= 15 is 0 Å². The molecule has 2 rings (SSSR count). The third-order valence-electron chi connectivity index (χ3n) is 3.37. The summed E-state index contributed by atoms with van der Waals surface area (Å²) < 4.78 is 5.16. The average Bonchev–Trinajstić information content (AvgIpc) is 2.81. The van der Waals surface area contributed by atoms with E-state index in [4.69, 9.17) is 4.74 Å². The number of aromatic nitrogens is 2. The number of methoxy groups -OCH3 is 1. The zero-order valence-corrected chi connectivity index (χ0v) is 12.3. The van der Waals surface area contributed by atoms with Crippen LogP contribution < -0.4 is 4.74 Å². The van der Waals surface area contributed by atoms with Gasteiger partial charge in [-0.25, -0.2) is 4.98 Å². The molecule has 2 aromatic rings. The summed E-state index contributed by atoms with van der Waals surface area (Å²) >= 11 is 0. The van der Waals surface area contributed by atoms with E-state index in [9.17, 15) is 5.26 Å². The van der Waals surface area contributed by atoms with Crippen molar-refractivity contribution in [2.75, 3.05) is 7.11 Å². The summed E-state index contributed by atoms with van der Waals surface area (Å²) in [6.45, 7) is 6.03. The lowest BCUT2D eigenvalue weighted by atomic mass is 9.97. The first-order valence-corrected chi connectivity index (χ1v) is 6.67. The van der Waals surface area contributed by atoms with Crippen LogP contribution in [0.15, 0.2) is 24.3 Å². The molecule has 0 saturated heterocycles. The standard InChI is InChI=1S/C16H19N3O/c1-10(2)14(9-17)16-18-11(3)15(19-16)12-5-7-13(20-4)8-6-12/h5-8,10,14H,1-4H3,(H,18,19). The predicted octanol–water partition coefficient (Wildman–Crippen LogP) is 3.66. The van der Waals surface area contributed by atoms with Gasteiger partial charge >= 0.3 is 0 Å². The van der Waals surface area contributed by atoms with E-state index in [0.717, 1.165) is 28.5 Å². The molecule has 0 spiro atoms. The highest BCUT2D eigenvalue weighted by atomic mass is 16.5. The van der Waals surface area contributed by atoms with Gasteiger partial charge in [0.1, 0.15) is 17.5 Å². The van der Waals surface area contributed by atoms with E-state index in [1.54, 1.807) is 7.11 Å². The van der Waals surface area contributed by atoms with Crippen molar-refractivity contribution in [1.29, 1.82) is 5.26 Å². The van der Waals surface area contributed by atoms with E-state index in [1.165, 1.54) is 0 Å². The molecule has 0 aliphatic heterocycles. The topological polar surface area (TPSA) is 61.7 Å². The lowest BCUT2D eigenvalue weighted by Gasteiger charge is -2.08. The van der Waals surface area contributed by atoms with Gasteiger partial charge in [0.2, 0.25) is 0 Å². The number of hydrogen-bond acceptors (Lipinski definition) is 3. The molecule has 1 atom stereocenters. The summed E-state index contributed by atoms with van der Waals surface area (Å²) in [5.41, 5.74) is 2.89. The second kappa shape index (κ2) is 5.79. The quantitative estimate of drug-likeness (QED) is 0.921. The number of aromatic amines is 1. The molecule has 0 radical (unpaired) electrons. The molecule has 104 valence electrons. The van der Waals surface area contributed by atoms with Crippen LogP contribution in [0.25, 0.3) is 11.3 Å². The van der Waals surface area contributed by atoms with Crippen molar-refractivity contribution >= 4 is 0 Å². The number of nitrogens with one attached hydrogen (secondary N) is 1. The largest absolute Gasteiger partial charge is 0.497 e. The Bertz CT molecular complexity index is 620. The van der Waals surface area contributed by atoms with Crippen LogP contribution >= 0.6 is 0 Å². The lowest BCUT2D eigenvalue weighted by molar-refractivity contribution is 0.415. The Morgan fingerprint density at radius 1 is 1.25 bits per heavy atom. The Morgan fingerprint density at radius 2 is 1.90 bits per heavy atom. The second-order valence-corrected chi connectivity index (χ2v) is 5.17. The Hall–Kier alpha value is -2.28.